The smallest absolute Gasteiger partial charge is 0.179 e. The molecule has 19 heavy (non-hydrogen) atoms. The summed E-state index contributed by atoms with van der Waals surface area (Å²) in [6, 6.07) is 7.49. The summed E-state index contributed by atoms with van der Waals surface area (Å²) in [6.45, 7) is 8.15. The summed E-state index contributed by atoms with van der Waals surface area (Å²) in [5.41, 5.74) is 1.95. The van der Waals surface area contributed by atoms with E-state index in [1.54, 1.807) is 0 Å². The van der Waals surface area contributed by atoms with Crippen LogP contribution in [0.25, 0.3) is 0 Å². The molecular formula is C16H25NO2. The standard InChI is InChI=1S/C16H25NO2/c1-5-15(10-18)17-12(4)16(19)14-8-6-13(7-9-14)11(2)3/h6-9,11-12,15,17-18H,5,10H2,1-4H3. The van der Waals surface area contributed by atoms with Crippen molar-refractivity contribution in [3.8, 4) is 0 Å². The van der Waals surface area contributed by atoms with Crippen LogP contribution in [0, 0.1) is 0 Å². The maximum Gasteiger partial charge on any atom is 0.179 e. The van der Waals surface area contributed by atoms with Crippen LogP contribution in [0.15, 0.2) is 24.3 Å². The van der Waals surface area contributed by atoms with E-state index in [1.165, 1.54) is 5.56 Å². The number of ketones is 1. The number of nitrogens with one attached hydrogen (secondary N) is 1. The topological polar surface area (TPSA) is 49.3 Å². The van der Waals surface area contributed by atoms with E-state index >= 15 is 0 Å². The number of aliphatic hydroxyl groups is 1. The molecule has 0 aliphatic carbocycles. The van der Waals surface area contributed by atoms with Crippen molar-refractivity contribution < 1.29 is 9.90 Å². The minimum absolute atomic E-state index is 0.0195. The lowest BCUT2D eigenvalue weighted by Crippen LogP contribution is -2.43. The predicted molar refractivity (Wildman–Crippen MR) is 78.6 cm³/mol. The molecule has 3 heteroatoms. The third-order valence-corrected chi connectivity index (χ3v) is 3.45. The van der Waals surface area contributed by atoms with Crippen molar-refractivity contribution in [2.45, 2.75) is 52.1 Å². The van der Waals surface area contributed by atoms with Crippen LogP contribution in [0.5, 0.6) is 0 Å². The number of rotatable bonds is 7. The molecule has 0 aliphatic rings. The van der Waals surface area contributed by atoms with Gasteiger partial charge in [0.25, 0.3) is 0 Å². The first-order chi connectivity index (χ1) is 8.99. The molecule has 0 bridgehead atoms. The molecule has 3 nitrogen and oxygen atoms in total. The largest absolute Gasteiger partial charge is 0.395 e. The van der Waals surface area contributed by atoms with Crippen molar-refractivity contribution >= 4 is 5.78 Å². The van der Waals surface area contributed by atoms with Crippen molar-refractivity contribution in [3.63, 3.8) is 0 Å². The van der Waals surface area contributed by atoms with Crippen LogP contribution in [-0.2, 0) is 0 Å². The molecule has 1 rings (SSSR count). The summed E-state index contributed by atoms with van der Waals surface area (Å²) >= 11 is 0. The minimum atomic E-state index is -0.276. The molecule has 2 atom stereocenters. The van der Waals surface area contributed by atoms with Gasteiger partial charge in [0, 0.05) is 11.6 Å². The average molecular weight is 263 g/mol. The lowest BCUT2D eigenvalue weighted by molar-refractivity contribution is 0.0936. The number of carbonyl (C=O) groups excluding carboxylic acids is 1. The molecule has 0 radical (unpaired) electrons. The third-order valence-electron chi connectivity index (χ3n) is 3.45. The quantitative estimate of drug-likeness (QED) is 0.744. The highest BCUT2D eigenvalue weighted by atomic mass is 16.3. The van der Waals surface area contributed by atoms with Crippen LogP contribution in [-0.4, -0.2) is 29.6 Å². The molecular weight excluding hydrogens is 238 g/mol. The van der Waals surface area contributed by atoms with Crippen molar-refractivity contribution in [2.24, 2.45) is 0 Å². The summed E-state index contributed by atoms with van der Waals surface area (Å²) in [5, 5.41) is 12.3. The maximum atomic E-state index is 12.2. The van der Waals surface area contributed by atoms with Crippen LogP contribution in [0.4, 0.5) is 0 Å². The lowest BCUT2D eigenvalue weighted by atomic mass is 9.98. The Labute approximate surface area is 116 Å². The Morgan fingerprint density at radius 3 is 2.21 bits per heavy atom. The second kappa shape index (κ2) is 7.41. The van der Waals surface area contributed by atoms with Gasteiger partial charge in [-0.05, 0) is 24.8 Å². The number of benzene rings is 1. The fraction of sp³-hybridized carbons (Fsp3) is 0.562. The van der Waals surface area contributed by atoms with Gasteiger partial charge in [-0.2, -0.15) is 0 Å². The van der Waals surface area contributed by atoms with Crippen LogP contribution in [0.2, 0.25) is 0 Å². The van der Waals surface area contributed by atoms with Crippen molar-refractivity contribution in [2.75, 3.05) is 6.61 Å². The van der Waals surface area contributed by atoms with Crippen LogP contribution >= 0.6 is 0 Å². The Morgan fingerprint density at radius 1 is 1.21 bits per heavy atom. The van der Waals surface area contributed by atoms with Gasteiger partial charge in [-0.3, -0.25) is 4.79 Å². The number of hydrogen-bond donors (Lipinski definition) is 2. The second-order valence-corrected chi connectivity index (χ2v) is 5.32. The molecule has 0 aromatic heterocycles. The molecule has 0 fully saturated rings. The van der Waals surface area contributed by atoms with Gasteiger partial charge in [0.2, 0.25) is 0 Å². The van der Waals surface area contributed by atoms with Gasteiger partial charge in [-0.25, -0.2) is 0 Å². The van der Waals surface area contributed by atoms with Gasteiger partial charge in [0.05, 0.1) is 12.6 Å². The molecule has 0 amide bonds. The zero-order valence-electron chi connectivity index (χ0n) is 12.3. The van der Waals surface area contributed by atoms with Crippen molar-refractivity contribution in [3.05, 3.63) is 35.4 Å². The Hall–Kier alpha value is -1.19. The van der Waals surface area contributed by atoms with Gasteiger partial charge in [0.15, 0.2) is 5.78 Å². The summed E-state index contributed by atoms with van der Waals surface area (Å²) in [4.78, 5) is 12.2. The van der Waals surface area contributed by atoms with E-state index in [0.29, 0.717) is 5.92 Å². The van der Waals surface area contributed by atoms with Crippen LogP contribution in [0.1, 0.15) is 56.0 Å². The summed E-state index contributed by atoms with van der Waals surface area (Å²) < 4.78 is 0. The van der Waals surface area contributed by atoms with E-state index in [9.17, 15) is 4.79 Å². The maximum absolute atomic E-state index is 12.2. The second-order valence-electron chi connectivity index (χ2n) is 5.32. The van der Waals surface area contributed by atoms with Gasteiger partial charge in [-0.15, -0.1) is 0 Å². The van der Waals surface area contributed by atoms with Crippen molar-refractivity contribution in [1.82, 2.24) is 5.32 Å². The Morgan fingerprint density at radius 2 is 1.79 bits per heavy atom. The zero-order chi connectivity index (χ0) is 14.4. The van der Waals surface area contributed by atoms with Crippen molar-refractivity contribution in [1.29, 1.82) is 0 Å². The Balaban J connectivity index is 2.71. The SMILES string of the molecule is CCC(CO)NC(C)C(=O)c1ccc(C(C)C)cc1. The fourth-order valence-corrected chi connectivity index (χ4v) is 2.01. The summed E-state index contributed by atoms with van der Waals surface area (Å²) in [5.74, 6) is 0.542. The van der Waals surface area contributed by atoms with E-state index in [2.05, 4.69) is 19.2 Å². The molecule has 2 unspecified atom stereocenters. The zero-order valence-corrected chi connectivity index (χ0v) is 12.3. The fourth-order valence-electron chi connectivity index (χ4n) is 2.01. The molecule has 0 saturated heterocycles. The van der Waals surface area contributed by atoms with Gasteiger partial charge < -0.3 is 10.4 Å². The number of Topliss-reactive ketones (excluding diaryl/α,β-unsaturated/α-hetero) is 1. The van der Waals surface area contributed by atoms with Gasteiger partial charge >= 0.3 is 0 Å². The lowest BCUT2D eigenvalue weighted by Gasteiger charge is -2.19. The average Bonchev–Trinajstić information content (AvgIpc) is 2.43. The normalized spacial score (nSPS) is 14.4. The molecule has 0 aliphatic heterocycles. The molecule has 106 valence electrons. The van der Waals surface area contributed by atoms with Gasteiger partial charge in [0.1, 0.15) is 0 Å². The number of carbonyl (C=O) groups is 1. The molecule has 1 aromatic carbocycles. The first-order valence-electron chi connectivity index (χ1n) is 7.00. The monoisotopic (exact) mass is 263 g/mol. The number of hydrogen-bond acceptors (Lipinski definition) is 3. The van der Waals surface area contributed by atoms with Gasteiger partial charge in [-0.1, -0.05) is 45.0 Å². The number of aliphatic hydroxyl groups excluding tert-OH is 1. The van der Waals surface area contributed by atoms with E-state index < -0.39 is 0 Å². The Bertz CT molecular complexity index is 394. The Kier molecular flexibility index (Phi) is 6.19. The molecule has 2 N–H and O–H groups in total. The minimum Gasteiger partial charge on any atom is -0.395 e. The highest BCUT2D eigenvalue weighted by Gasteiger charge is 2.18. The first-order valence-corrected chi connectivity index (χ1v) is 7.00. The van der Waals surface area contributed by atoms with Crippen LogP contribution in [0.3, 0.4) is 0 Å². The summed E-state index contributed by atoms with van der Waals surface area (Å²) in [6.07, 6.45) is 0.806. The van der Waals surface area contributed by atoms with E-state index in [4.69, 9.17) is 5.11 Å². The molecule has 0 spiro atoms. The molecule has 0 heterocycles. The van der Waals surface area contributed by atoms with E-state index in [-0.39, 0.29) is 24.5 Å². The first kappa shape index (κ1) is 15.9. The third kappa shape index (κ3) is 4.44. The molecule has 1 aromatic rings. The van der Waals surface area contributed by atoms with Crippen LogP contribution < -0.4 is 5.32 Å². The highest BCUT2D eigenvalue weighted by Crippen LogP contribution is 2.15. The van der Waals surface area contributed by atoms with E-state index in [0.717, 1.165) is 12.0 Å². The van der Waals surface area contributed by atoms with E-state index in [1.807, 2.05) is 38.1 Å². The molecule has 0 saturated carbocycles. The summed E-state index contributed by atoms with van der Waals surface area (Å²) in [7, 11) is 0. The predicted octanol–water partition coefficient (Wildman–Crippen LogP) is 2.74. The highest BCUT2D eigenvalue weighted by molar-refractivity contribution is 5.99.